The monoisotopic (exact) mass is 252 g/mol. The number of hydrogen-bond donors (Lipinski definition) is 1. The van der Waals surface area contributed by atoms with Gasteiger partial charge in [0.25, 0.3) is 0 Å². The van der Waals surface area contributed by atoms with Crippen LogP contribution in [-0.4, -0.2) is 11.5 Å². The number of aromatic nitrogens is 1. The summed E-state index contributed by atoms with van der Waals surface area (Å²) >= 11 is 6.06. The first-order valence-corrected chi connectivity index (χ1v) is 7.01. The van der Waals surface area contributed by atoms with Gasteiger partial charge in [0.2, 0.25) is 0 Å². The molecule has 1 fully saturated rings. The van der Waals surface area contributed by atoms with Crippen LogP contribution in [0.5, 0.6) is 0 Å². The highest BCUT2D eigenvalue weighted by atomic mass is 35.5. The third-order valence-corrected chi connectivity index (χ3v) is 4.17. The van der Waals surface area contributed by atoms with Gasteiger partial charge in [-0.05, 0) is 36.8 Å². The Bertz CT molecular complexity index is 346. The molecule has 17 heavy (non-hydrogen) atoms. The fraction of sp³-hybridized carbons (Fsp3) is 0.643. The van der Waals surface area contributed by atoms with Crippen molar-refractivity contribution in [3.8, 4) is 0 Å². The second kappa shape index (κ2) is 6.25. The van der Waals surface area contributed by atoms with Crippen molar-refractivity contribution in [3.05, 3.63) is 23.4 Å². The van der Waals surface area contributed by atoms with Crippen LogP contribution in [0.1, 0.15) is 39.0 Å². The molecular formula is C14H21ClN2. The van der Waals surface area contributed by atoms with E-state index in [0.717, 1.165) is 29.2 Å². The second-order valence-electron chi connectivity index (χ2n) is 5.01. The van der Waals surface area contributed by atoms with Crippen molar-refractivity contribution in [2.24, 2.45) is 11.8 Å². The summed E-state index contributed by atoms with van der Waals surface area (Å²) in [5.41, 5.74) is 0. The molecule has 1 aliphatic rings. The van der Waals surface area contributed by atoms with E-state index in [-0.39, 0.29) is 0 Å². The summed E-state index contributed by atoms with van der Waals surface area (Å²) in [4.78, 5) is 4.25. The van der Waals surface area contributed by atoms with Gasteiger partial charge < -0.3 is 5.32 Å². The molecule has 1 aliphatic carbocycles. The van der Waals surface area contributed by atoms with Crippen molar-refractivity contribution in [1.29, 1.82) is 0 Å². The summed E-state index contributed by atoms with van der Waals surface area (Å²) in [5, 5.41) is 4.09. The van der Waals surface area contributed by atoms with E-state index in [1.165, 1.54) is 32.1 Å². The predicted octanol–water partition coefficient (Wildman–Crippen LogP) is 4.36. The fourth-order valence-electron chi connectivity index (χ4n) is 2.60. The smallest absolute Gasteiger partial charge is 0.144 e. The zero-order valence-electron chi connectivity index (χ0n) is 10.5. The normalized spacial score (nSPS) is 24.6. The van der Waals surface area contributed by atoms with Gasteiger partial charge in [0.15, 0.2) is 0 Å². The van der Waals surface area contributed by atoms with Crippen molar-refractivity contribution in [1.82, 2.24) is 4.98 Å². The average molecular weight is 253 g/mol. The molecule has 0 amide bonds. The zero-order chi connectivity index (χ0) is 12.1. The Morgan fingerprint density at radius 1 is 1.29 bits per heavy atom. The van der Waals surface area contributed by atoms with Gasteiger partial charge >= 0.3 is 0 Å². The minimum atomic E-state index is 0.717. The van der Waals surface area contributed by atoms with E-state index < -0.39 is 0 Å². The molecule has 3 heteroatoms. The lowest BCUT2D eigenvalue weighted by Crippen LogP contribution is -2.21. The van der Waals surface area contributed by atoms with Crippen LogP contribution in [0.25, 0.3) is 0 Å². The predicted molar refractivity (Wildman–Crippen MR) is 73.5 cm³/mol. The molecule has 0 atom stereocenters. The maximum atomic E-state index is 6.06. The number of nitrogens with one attached hydrogen (secondary N) is 1. The standard InChI is InChI=1S/C14H21ClN2/c1-2-11-5-7-12(8-6-11)10-17-14-13(15)4-3-9-16-14/h3-4,9,11-12H,2,5-8,10H2,1H3,(H,16,17). The van der Waals surface area contributed by atoms with Crippen molar-refractivity contribution in [2.75, 3.05) is 11.9 Å². The summed E-state index contributed by atoms with van der Waals surface area (Å²) in [6, 6.07) is 3.74. The molecule has 0 bridgehead atoms. The molecule has 0 spiro atoms. The van der Waals surface area contributed by atoms with Crippen LogP contribution in [0.4, 0.5) is 5.82 Å². The molecule has 1 heterocycles. The number of pyridine rings is 1. The van der Waals surface area contributed by atoms with E-state index >= 15 is 0 Å². The molecule has 1 aromatic rings. The minimum absolute atomic E-state index is 0.717. The van der Waals surface area contributed by atoms with Gasteiger partial charge in [-0.15, -0.1) is 0 Å². The minimum Gasteiger partial charge on any atom is -0.369 e. The largest absolute Gasteiger partial charge is 0.369 e. The number of rotatable bonds is 4. The van der Waals surface area contributed by atoms with E-state index in [1.54, 1.807) is 6.20 Å². The zero-order valence-corrected chi connectivity index (χ0v) is 11.2. The molecule has 0 aromatic carbocycles. The summed E-state index contributed by atoms with van der Waals surface area (Å²) in [6.07, 6.45) is 8.58. The number of nitrogens with zero attached hydrogens (tertiary/aromatic N) is 1. The lowest BCUT2D eigenvalue weighted by molar-refractivity contribution is 0.278. The SMILES string of the molecule is CCC1CCC(CNc2ncccc2Cl)CC1. The Hall–Kier alpha value is -0.760. The van der Waals surface area contributed by atoms with Gasteiger partial charge in [-0.25, -0.2) is 4.98 Å². The van der Waals surface area contributed by atoms with Crippen molar-refractivity contribution in [3.63, 3.8) is 0 Å². The lowest BCUT2D eigenvalue weighted by Gasteiger charge is -2.28. The van der Waals surface area contributed by atoms with Gasteiger partial charge in [0.1, 0.15) is 5.82 Å². The van der Waals surface area contributed by atoms with E-state index in [4.69, 9.17) is 11.6 Å². The third-order valence-electron chi connectivity index (χ3n) is 3.86. The Morgan fingerprint density at radius 2 is 2.00 bits per heavy atom. The average Bonchev–Trinajstić information content (AvgIpc) is 2.38. The molecule has 0 unspecified atom stereocenters. The van der Waals surface area contributed by atoms with Crippen LogP contribution in [-0.2, 0) is 0 Å². The van der Waals surface area contributed by atoms with Gasteiger partial charge in [0.05, 0.1) is 5.02 Å². The first-order valence-electron chi connectivity index (χ1n) is 6.64. The summed E-state index contributed by atoms with van der Waals surface area (Å²) < 4.78 is 0. The summed E-state index contributed by atoms with van der Waals surface area (Å²) in [6.45, 7) is 3.31. The van der Waals surface area contributed by atoms with E-state index in [9.17, 15) is 0 Å². The highest BCUT2D eigenvalue weighted by Crippen LogP contribution is 2.31. The summed E-state index contributed by atoms with van der Waals surface area (Å²) in [7, 11) is 0. The van der Waals surface area contributed by atoms with Crippen molar-refractivity contribution >= 4 is 17.4 Å². The molecule has 0 aliphatic heterocycles. The molecule has 94 valence electrons. The maximum Gasteiger partial charge on any atom is 0.144 e. The number of halogens is 1. The van der Waals surface area contributed by atoms with Crippen LogP contribution in [0.15, 0.2) is 18.3 Å². The van der Waals surface area contributed by atoms with Gasteiger partial charge in [0, 0.05) is 12.7 Å². The highest BCUT2D eigenvalue weighted by molar-refractivity contribution is 6.32. The first-order chi connectivity index (χ1) is 8.29. The van der Waals surface area contributed by atoms with E-state index in [0.29, 0.717) is 0 Å². The molecular weight excluding hydrogens is 232 g/mol. The fourth-order valence-corrected chi connectivity index (χ4v) is 2.79. The third kappa shape index (κ3) is 3.60. The summed E-state index contributed by atoms with van der Waals surface area (Å²) in [5.74, 6) is 2.58. The Kier molecular flexibility index (Phi) is 4.66. The number of anilines is 1. The Balaban J connectivity index is 1.78. The molecule has 0 saturated heterocycles. The topological polar surface area (TPSA) is 24.9 Å². The molecule has 1 aromatic heterocycles. The molecule has 0 radical (unpaired) electrons. The highest BCUT2D eigenvalue weighted by Gasteiger charge is 2.19. The van der Waals surface area contributed by atoms with Crippen LogP contribution < -0.4 is 5.32 Å². The molecule has 1 saturated carbocycles. The number of hydrogen-bond acceptors (Lipinski definition) is 2. The van der Waals surface area contributed by atoms with Gasteiger partial charge in [-0.3, -0.25) is 0 Å². The van der Waals surface area contributed by atoms with Crippen molar-refractivity contribution in [2.45, 2.75) is 39.0 Å². The van der Waals surface area contributed by atoms with Crippen LogP contribution in [0, 0.1) is 11.8 Å². The Morgan fingerprint density at radius 3 is 2.65 bits per heavy atom. The Labute approximate surface area is 109 Å². The molecule has 1 N–H and O–H groups in total. The molecule has 2 rings (SSSR count). The van der Waals surface area contributed by atoms with E-state index in [2.05, 4.69) is 17.2 Å². The van der Waals surface area contributed by atoms with Crippen LogP contribution in [0.3, 0.4) is 0 Å². The van der Waals surface area contributed by atoms with Crippen LogP contribution >= 0.6 is 11.6 Å². The quantitative estimate of drug-likeness (QED) is 0.861. The first kappa shape index (κ1) is 12.7. The van der Waals surface area contributed by atoms with E-state index in [1.807, 2.05) is 12.1 Å². The molecule has 2 nitrogen and oxygen atoms in total. The van der Waals surface area contributed by atoms with Crippen molar-refractivity contribution < 1.29 is 0 Å². The second-order valence-corrected chi connectivity index (χ2v) is 5.42. The lowest BCUT2D eigenvalue weighted by atomic mass is 9.81. The van der Waals surface area contributed by atoms with Gasteiger partial charge in [-0.2, -0.15) is 0 Å². The van der Waals surface area contributed by atoms with Gasteiger partial charge in [-0.1, -0.05) is 37.8 Å². The maximum absolute atomic E-state index is 6.06. The van der Waals surface area contributed by atoms with Crippen LogP contribution in [0.2, 0.25) is 5.02 Å².